The van der Waals surface area contributed by atoms with E-state index in [-0.39, 0.29) is 0 Å². The van der Waals surface area contributed by atoms with E-state index in [0.29, 0.717) is 0 Å². The Labute approximate surface area is 115 Å². The highest BCUT2D eigenvalue weighted by Gasteiger charge is 2.02. The lowest BCUT2D eigenvalue weighted by molar-refractivity contribution is 0.412. The molecule has 0 aliphatic carbocycles. The summed E-state index contributed by atoms with van der Waals surface area (Å²) in [5.41, 5.74) is 3.06. The number of benzene rings is 1. The van der Waals surface area contributed by atoms with Crippen molar-refractivity contribution in [3.8, 4) is 5.75 Å². The van der Waals surface area contributed by atoms with Crippen LogP contribution < -0.4 is 10.1 Å². The molecule has 94 valence electrons. The molecule has 0 spiro atoms. The highest BCUT2D eigenvalue weighted by Crippen LogP contribution is 2.24. The van der Waals surface area contributed by atoms with Crippen molar-refractivity contribution >= 4 is 27.4 Å². The first-order valence-corrected chi connectivity index (χ1v) is 6.44. The monoisotopic (exact) mass is 306 g/mol. The first-order chi connectivity index (χ1) is 8.60. The fourth-order valence-corrected chi connectivity index (χ4v) is 1.94. The molecule has 0 saturated carbocycles. The van der Waals surface area contributed by atoms with Crippen LogP contribution in [0.25, 0.3) is 0 Å². The van der Waals surface area contributed by atoms with Crippen molar-refractivity contribution in [2.24, 2.45) is 0 Å². The van der Waals surface area contributed by atoms with E-state index in [1.165, 1.54) is 0 Å². The predicted molar refractivity (Wildman–Crippen MR) is 77.7 cm³/mol. The number of pyridine rings is 1. The van der Waals surface area contributed by atoms with Gasteiger partial charge in [-0.3, -0.25) is 0 Å². The highest BCUT2D eigenvalue weighted by atomic mass is 79.9. The highest BCUT2D eigenvalue weighted by molar-refractivity contribution is 9.10. The van der Waals surface area contributed by atoms with Gasteiger partial charge in [0.1, 0.15) is 11.6 Å². The normalized spacial score (nSPS) is 10.2. The van der Waals surface area contributed by atoms with Gasteiger partial charge in [0.25, 0.3) is 0 Å². The standard InChI is InChI=1S/C14H15BrN2O/c1-9-8-11(4-6-13(9)18-3)17-14-7-5-12(15)10(2)16-14/h4-8H,1-3H3,(H,16,17). The van der Waals surface area contributed by atoms with E-state index in [0.717, 1.165) is 33.0 Å². The molecular weight excluding hydrogens is 292 g/mol. The van der Waals surface area contributed by atoms with Crippen LogP contribution >= 0.6 is 15.9 Å². The number of hydrogen-bond donors (Lipinski definition) is 1. The quantitative estimate of drug-likeness (QED) is 0.922. The van der Waals surface area contributed by atoms with Crippen molar-refractivity contribution in [1.82, 2.24) is 4.98 Å². The van der Waals surface area contributed by atoms with Gasteiger partial charge in [-0.1, -0.05) is 0 Å². The summed E-state index contributed by atoms with van der Waals surface area (Å²) in [5.74, 6) is 1.72. The average molecular weight is 307 g/mol. The van der Waals surface area contributed by atoms with Crippen LogP contribution in [0.5, 0.6) is 5.75 Å². The second-order valence-electron chi connectivity index (χ2n) is 4.07. The molecule has 1 aromatic heterocycles. The summed E-state index contributed by atoms with van der Waals surface area (Å²) in [6, 6.07) is 9.89. The number of ether oxygens (including phenoxy) is 1. The lowest BCUT2D eigenvalue weighted by atomic mass is 10.2. The van der Waals surface area contributed by atoms with Gasteiger partial charge in [-0.15, -0.1) is 0 Å². The lowest BCUT2D eigenvalue weighted by Crippen LogP contribution is -1.96. The molecule has 0 atom stereocenters. The van der Waals surface area contributed by atoms with E-state index < -0.39 is 0 Å². The molecule has 0 aliphatic rings. The zero-order valence-corrected chi connectivity index (χ0v) is 12.2. The van der Waals surface area contributed by atoms with Gasteiger partial charge in [0.15, 0.2) is 0 Å². The van der Waals surface area contributed by atoms with Crippen molar-refractivity contribution < 1.29 is 4.74 Å². The van der Waals surface area contributed by atoms with E-state index in [2.05, 4.69) is 26.2 Å². The van der Waals surface area contributed by atoms with Gasteiger partial charge in [-0.25, -0.2) is 4.98 Å². The Bertz CT molecular complexity index is 570. The molecule has 4 heteroatoms. The van der Waals surface area contributed by atoms with E-state index in [9.17, 15) is 0 Å². The minimum atomic E-state index is 0.834. The Morgan fingerprint density at radius 3 is 2.56 bits per heavy atom. The molecular formula is C14H15BrN2O. The molecule has 2 aromatic rings. The molecule has 0 saturated heterocycles. The molecule has 0 bridgehead atoms. The number of anilines is 2. The van der Waals surface area contributed by atoms with E-state index >= 15 is 0 Å². The van der Waals surface area contributed by atoms with Crippen LogP contribution in [0, 0.1) is 13.8 Å². The van der Waals surface area contributed by atoms with Gasteiger partial charge in [-0.05, 0) is 65.7 Å². The summed E-state index contributed by atoms with van der Waals surface area (Å²) in [4.78, 5) is 4.45. The second-order valence-corrected chi connectivity index (χ2v) is 4.93. The van der Waals surface area contributed by atoms with Crippen LogP contribution in [0.3, 0.4) is 0 Å². The fraction of sp³-hybridized carbons (Fsp3) is 0.214. The van der Waals surface area contributed by atoms with E-state index in [1.54, 1.807) is 7.11 Å². The molecule has 1 aromatic carbocycles. The first kappa shape index (κ1) is 12.9. The number of aryl methyl sites for hydroxylation is 2. The SMILES string of the molecule is COc1ccc(Nc2ccc(Br)c(C)n2)cc1C. The molecule has 2 rings (SSSR count). The van der Waals surface area contributed by atoms with Gasteiger partial charge in [0.05, 0.1) is 12.8 Å². The second kappa shape index (κ2) is 5.40. The van der Waals surface area contributed by atoms with Crippen molar-refractivity contribution in [1.29, 1.82) is 0 Å². The molecule has 0 fully saturated rings. The topological polar surface area (TPSA) is 34.1 Å². The number of methoxy groups -OCH3 is 1. The van der Waals surface area contributed by atoms with Crippen molar-refractivity contribution in [2.45, 2.75) is 13.8 Å². The Kier molecular flexibility index (Phi) is 3.87. The maximum atomic E-state index is 5.24. The first-order valence-electron chi connectivity index (χ1n) is 5.65. The summed E-state index contributed by atoms with van der Waals surface area (Å²) in [6.45, 7) is 3.98. The summed E-state index contributed by atoms with van der Waals surface area (Å²) < 4.78 is 6.25. The van der Waals surface area contributed by atoms with Crippen molar-refractivity contribution in [3.63, 3.8) is 0 Å². The Hall–Kier alpha value is -1.55. The number of rotatable bonds is 3. The van der Waals surface area contributed by atoms with Crippen LogP contribution in [0.15, 0.2) is 34.8 Å². The summed E-state index contributed by atoms with van der Waals surface area (Å²) in [7, 11) is 1.68. The fourth-order valence-electron chi connectivity index (χ4n) is 1.72. The van der Waals surface area contributed by atoms with Gasteiger partial charge in [0.2, 0.25) is 0 Å². The summed E-state index contributed by atoms with van der Waals surface area (Å²) >= 11 is 3.44. The number of nitrogens with one attached hydrogen (secondary N) is 1. The summed E-state index contributed by atoms with van der Waals surface area (Å²) in [5, 5.41) is 3.28. The van der Waals surface area contributed by atoms with Crippen molar-refractivity contribution in [2.75, 3.05) is 12.4 Å². The molecule has 0 radical (unpaired) electrons. The predicted octanol–water partition coefficient (Wildman–Crippen LogP) is 4.21. The third kappa shape index (κ3) is 2.82. The van der Waals surface area contributed by atoms with Crippen LogP contribution in [-0.2, 0) is 0 Å². The zero-order chi connectivity index (χ0) is 13.1. The van der Waals surface area contributed by atoms with Gasteiger partial charge in [0, 0.05) is 10.2 Å². The Morgan fingerprint density at radius 2 is 1.94 bits per heavy atom. The number of halogens is 1. The van der Waals surface area contributed by atoms with Crippen LogP contribution in [0.1, 0.15) is 11.3 Å². The van der Waals surface area contributed by atoms with Crippen LogP contribution in [0.2, 0.25) is 0 Å². The molecule has 1 N–H and O–H groups in total. The van der Waals surface area contributed by atoms with E-state index in [4.69, 9.17) is 4.74 Å². The Morgan fingerprint density at radius 1 is 1.17 bits per heavy atom. The summed E-state index contributed by atoms with van der Waals surface area (Å²) in [6.07, 6.45) is 0. The van der Waals surface area contributed by atoms with Gasteiger partial charge in [-0.2, -0.15) is 0 Å². The largest absolute Gasteiger partial charge is 0.496 e. The molecule has 0 aliphatic heterocycles. The number of hydrogen-bond acceptors (Lipinski definition) is 3. The minimum Gasteiger partial charge on any atom is -0.496 e. The van der Waals surface area contributed by atoms with Crippen LogP contribution in [-0.4, -0.2) is 12.1 Å². The lowest BCUT2D eigenvalue weighted by Gasteiger charge is -2.10. The maximum absolute atomic E-state index is 5.24. The van der Waals surface area contributed by atoms with Crippen LogP contribution in [0.4, 0.5) is 11.5 Å². The molecule has 0 amide bonds. The van der Waals surface area contributed by atoms with Gasteiger partial charge < -0.3 is 10.1 Å². The average Bonchev–Trinajstić information content (AvgIpc) is 2.34. The third-order valence-corrected chi connectivity index (χ3v) is 3.53. The van der Waals surface area contributed by atoms with Gasteiger partial charge >= 0.3 is 0 Å². The maximum Gasteiger partial charge on any atom is 0.130 e. The minimum absolute atomic E-state index is 0.834. The number of nitrogens with zero attached hydrogens (tertiary/aromatic N) is 1. The Balaban J connectivity index is 2.23. The molecule has 3 nitrogen and oxygen atoms in total. The van der Waals surface area contributed by atoms with E-state index in [1.807, 2.05) is 44.2 Å². The zero-order valence-electron chi connectivity index (χ0n) is 10.6. The molecule has 0 unspecified atom stereocenters. The molecule has 1 heterocycles. The smallest absolute Gasteiger partial charge is 0.130 e. The third-order valence-electron chi connectivity index (χ3n) is 2.69. The van der Waals surface area contributed by atoms with Crippen molar-refractivity contribution in [3.05, 3.63) is 46.1 Å². The molecule has 18 heavy (non-hydrogen) atoms. The number of aromatic nitrogens is 1.